The Morgan fingerprint density at radius 1 is 1.00 bits per heavy atom. The van der Waals surface area contributed by atoms with Crippen molar-refractivity contribution in [1.29, 1.82) is 0 Å². The minimum absolute atomic E-state index is 0.129. The third kappa shape index (κ3) is 3.12. The molecule has 5 heterocycles. The van der Waals surface area contributed by atoms with Crippen LogP contribution in [0, 0.1) is 0 Å². The summed E-state index contributed by atoms with van der Waals surface area (Å²) in [4.78, 5) is 11.7. The maximum atomic E-state index is 5.72. The van der Waals surface area contributed by atoms with Crippen LogP contribution in [0.1, 0.15) is 30.0 Å². The summed E-state index contributed by atoms with van der Waals surface area (Å²) in [7, 11) is 0. The number of furan rings is 1. The van der Waals surface area contributed by atoms with Crippen LogP contribution in [-0.2, 0) is 24.9 Å². The summed E-state index contributed by atoms with van der Waals surface area (Å²) in [5.41, 5.74) is 3.95. The molecule has 2 aliphatic heterocycles. The van der Waals surface area contributed by atoms with Gasteiger partial charge in [-0.1, -0.05) is 30.3 Å². The van der Waals surface area contributed by atoms with Gasteiger partial charge in [0.25, 0.3) is 0 Å². The Labute approximate surface area is 182 Å². The number of likely N-dealkylation sites (tertiary alicyclic amines) is 1. The molecule has 3 aromatic heterocycles. The van der Waals surface area contributed by atoms with E-state index in [1.54, 1.807) is 6.26 Å². The molecule has 0 saturated carbocycles. The number of benzene rings is 1. The van der Waals surface area contributed by atoms with Crippen molar-refractivity contribution in [2.45, 2.75) is 43.8 Å². The van der Waals surface area contributed by atoms with Crippen LogP contribution >= 0.6 is 0 Å². The van der Waals surface area contributed by atoms with Crippen LogP contribution in [-0.4, -0.2) is 32.0 Å². The lowest BCUT2D eigenvalue weighted by atomic mass is 9.71. The summed E-state index contributed by atoms with van der Waals surface area (Å²) in [5, 5.41) is 0. The Kier molecular flexibility index (Phi) is 4.50. The maximum Gasteiger partial charge on any atom is 0.117 e. The fourth-order valence-corrected chi connectivity index (χ4v) is 5.72. The maximum absolute atomic E-state index is 5.72. The van der Waals surface area contributed by atoms with Gasteiger partial charge in [0, 0.05) is 42.4 Å². The van der Waals surface area contributed by atoms with Gasteiger partial charge in [-0.05, 0) is 49.2 Å². The van der Waals surface area contributed by atoms with Crippen molar-refractivity contribution in [3.05, 3.63) is 96.6 Å². The first-order valence-electron chi connectivity index (χ1n) is 11.1. The van der Waals surface area contributed by atoms with Crippen molar-refractivity contribution in [1.82, 2.24) is 19.4 Å². The van der Waals surface area contributed by atoms with Gasteiger partial charge in [-0.25, -0.2) is 4.98 Å². The molecule has 0 radical (unpaired) electrons. The SMILES string of the molecule is c1ccc([C@@]23CCc4ncc(-c5ccncc5)n4C[C@H]2N(Cc2ccco2)CC3)cc1. The molecule has 0 bridgehead atoms. The molecule has 2 aliphatic rings. The fraction of sp³-hybridized carbons (Fsp3) is 0.308. The van der Waals surface area contributed by atoms with E-state index in [0.29, 0.717) is 6.04 Å². The van der Waals surface area contributed by atoms with E-state index in [0.717, 1.165) is 44.7 Å². The van der Waals surface area contributed by atoms with Gasteiger partial charge in [-0.2, -0.15) is 0 Å². The minimum Gasteiger partial charge on any atom is -0.468 e. The Hall–Kier alpha value is -3.18. The molecule has 156 valence electrons. The Bertz CT molecular complexity index is 1150. The van der Waals surface area contributed by atoms with E-state index in [2.05, 4.69) is 63.0 Å². The topological polar surface area (TPSA) is 47.1 Å². The van der Waals surface area contributed by atoms with Gasteiger partial charge >= 0.3 is 0 Å². The zero-order valence-corrected chi connectivity index (χ0v) is 17.5. The first-order valence-corrected chi connectivity index (χ1v) is 11.1. The standard InChI is InChI=1S/C26H26N4O/c1-2-5-21(6-3-1)26-11-8-25-28-17-23(20-9-13-27-14-10-20)30(25)19-24(26)29(15-12-26)18-22-7-4-16-31-22/h1-7,9-10,13-14,16-17,24H,8,11-12,15,18-19H2/t24-,26+/m1/s1. The molecule has 0 N–H and O–H groups in total. The van der Waals surface area contributed by atoms with Gasteiger partial charge in [-0.15, -0.1) is 0 Å². The van der Waals surface area contributed by atoms with E-state index in [1.807, 2.05) is 24.7 Å². The van der Waals surface area contributed by atoms with Gasteiger partial charge in [0.05, 0.1) is 24.7 Å². The summed E-state index contributed by atoms with van der Waals surface area (Å²) < 4.78 is 8.17. The van der Waals surface area contributed by atoms with Crippen LogP contribution in [0.2, 0.25) is 0 Å². The van der Waals surface area contributed by atoms with Gasteiger partial charge in [0.2, 0.25) is 0 Å². The second kappa shape index (κ2) is 7.50. The van der Waals surface area contributed by atoms with Crippen LogP contribution in [0.15, 0.2) is 83.9 Å². The van der Waals surface area contributed by atoms with E-state index in [4.69, 9.17) is 9.40 Å². The zero-order chi connectivity index (χ0) is 20.7. The molecular formula is C26H26N4O. The van der Waals surface area contributed by atoms with Crippen molar-refractivity contribution in [3.8, 4) is 11.3 Å². The Morgan fingerprint density at radius 3 is 2.68 bits per heavy atom. The predicted molar refractivity (Wildman–Crippen MR) is 119 cm³/mol. The highest BCUT2D eigenvalue weighted by molar-refractivity contribution is 5.58. The first-order chi connectivity index (χ1) is 15.3. The third-order valence-corrected chi connectivity index (χ3v) is 7.28. The molecule has 0 amide bonds. The molecule has 1 aromatic carbocycles. The number of hydrogen-bond acceptors (Lipinski definition) is 4. The van der Waals surface area contributed by atoms with E-state index in [1.165, 1.54) is 22.6 Å². The monoisotopic (exact) mass is 410 g/mol. The first kappa shape index (κ1) is 18.6. The summed E-state index contributed by atoms with van der Waals surface area (Å²) >= 11 is 0. The average Bonchev–Trinajstić information content (AvgIpc) is 3.54. The number of aromatic nitrogens is 3. The number of rotatable bonds is 4. The van der Waals surface area contributed by atoms with E-state index >= 15 is 0 Å². The number of pyridine rings is 1. The molecule has 0 unspecified atom stereocenters. The second-order valence-corrected chi connectivity index (χ2v) is 8.74. The van der Waals surface area contributed by atoms with Crippen molar-refractivity contribution < 1.29 is 4.42 Å². The zero-order valence-electron chi connectivity index (χ0n) is 17.5. The normalized spacial score (nSPS) is 23.3. The summed E-state index contributed by atoms with van der Waals surface area (Å²) in [6, 6.07) is 19.7. The third-order valence-electron chi connectivity index (χ3n) is 7.28. The van der Waals surface area contributed by atoms with Gasteiger partial charge in [0.15, 0.2) is 0 Å². The molecule has 1 fully saturated rings. The van der Waals surface area contributed by atoms with Gasteiger partial charge < -0.3 is 8.98 Å². The van der Waals surface area contributed by atoms with Gasteiger partial charge in [-0.3, -0.25) is 9.88 Å². The van der Waals surface area contributed by atoms with Crippen LogP contribution in [0.3, 0.4) is 0 Å². The summed E-state index contributed by atoms with van der Waals surface area (Å²) in [6.07, 6.45) is 10.8. The van der Waals surface area contributed by atoms with Crippen molar-refractivity contribution in [2.75, 3.05) is 6.54 Å². The van der Waals surface area contributed by atoms with Crippen molar-refractivity contribution in [2.24, 2.45) is 0 Å². The van der Waals surface area contributed by atoms with Crippen LogP contribution in [0.25, 0.3) is 11.3 Å². The number of aryl methyl sites for hydroxylation is 1. The van der Waals surface area contributed by atoms with Crippen LogP contribution in [0.4, 0.5) is 0 Å². The molecular weight excluding hydrogens is 384 g/mol. The Morgan fingerprint density at radius 2 is 1.87 bits per heavy atom. The Balaban J connectivity index is 1.43. The number of hydrogen-bond donors (Lipinski definition) is 0. The largest absolute Gasteiger partial charge is 0.468 e. The lowest BCUT2D eigenvalue weighted by Crippen LogP contribution is -2.44. The number of imidazole rings is 1. The highest BCUT2D eigenvalue weighted by atomic mass is 16.3. The molecule has 0 aliphatic carbocycles. The van der Waals surface area contributed by atoms with E-state index in [-0.39, 0.29) is 5.41 Å². The average molecular weight is 411 g/mol. The highest BCUT2D eigenvalue weighted by Crippen LogP contribution is 2.47. The summed E-state index contributed by atoms with van der Waals surface area (Å²) in [6.45, 7) is 2.86. The quantitative estimate of drug-likeness (QED) is 0.489. The van der Waals surface area contributed by atoms with Crippen molar-refractivity contribution >= 4 is 0 Å². The van der Waals surface area contributed by atoms with Crippen molar-refractivity contribution in [3.63, 3.8) is 0 Å². The lowest BCUT2D eigenvalue weighted by molar-refractivity contribution is 0.167. The van der Waals surface area contributed by atoms with Crippen LogP contribution in [0.5, 0.6) is 0 Å². The summed E-state index contributed by atoms with van der Waals surface area (Å²) in [5.74, 6) is 2.22. The molecule has 1 saturated heterocycles. The molecule has 5 heteroatoms. The van der Waals surface area contributed by atoms with Crippen LogP contribution < -0.4 is 0 Å². The smallest absolute Gasteiger partial charge is 0.117 e. The predicted octanol–water partition coefficient (Wildman–Crippen LogP) is 4.70. The molecule has 31 heavy (non-hydrogen) atoms. The second-order valence-electron chi connectivity index (χ2n) is 8.74. The molecule has 5 nitrogen and oxygen atoms in total. The molecule has 2 atom stereocenters. The molecule has 6 rings (SSSR count). The van der Waals surface area contributed by atoms with Gasteiger partial charge in [0.1, 0.15) is 11.6 Å². The fourth-order valence-electron chi connectivity index (χ4n) is 5.72. The molecule has 0 spiro atoms. The van der Waals surface area contributed by atoms with E-state index < -0.39 is 0 Å². The molecule has 4 aromatic rings. The minimum atomic E-state index is 0.129. The lowest BCUT2D eigenvalue weighted by Gasteiger charge is -2.37. The number of nitrogens with zero attached hydrogens (tertiary/aromatic N) is 4. The van der Waals surface area contributed by atoms with E-state index in [9.17, 15) is 0 Å². The number of fused-ring (bicyclic) bond motifs is 2. The highest BCUT2D eigenvalue weighted by Gasteiger charge is 2.50.